The number of nitrogens with zero attached hydrogens (tertiary/aromatic N) is 2. The quantitative estimate of drug-likeness (QED) is 0.126. The van der Waals surface area contributed by atoms with E-state index in [2.05, 4.69) is 242 Å². The van der Waals surface area contributed by atoms with Crippen molar-refractivity contribution >= 4 is 77.2 Å². The van der Waals surface area contributed by atoms with Crippen molar-refractivity contribution < 1.29 is 0 Å². The Morgan fingerprint density at radius 3 is 1.01 bits per heavy atom. The van der Waals surface area contributed by atoms with Gasteiger partial charge in [0.2, 0.25) is 0 Å². The van der Waals surface area contributed by atoms with Crippen molar-refractivity contribution in [3.63, 3.8) is 0 Å². The molecule has 362 valence electrons. The Labute approximate surface area is 437 Å². The van der Waals surface area contributed by atoms with Gasteiger partial charge in [0.25, 0.3) is 0 Å². The molecule has 0 atom stereocenters. The average Bonchev–Trinajstić information content (AvgIpc) is 3.46. The molecule has 0 heterocycles. The van der Waals surface area contributed by atoms with Crippen LogP contribution in [0.2, 0.25) is 0 Å². The molecule has 11 aromatic rings. The summed E-state index contributed by atoms with van der Waals surface area (Å²) in [5.41, 5.74) is 17.3. The molecule has 0 aromatic heterocycles. The minimum atomic E-state index is 0.645. The van der Waals surface area contributed by atoms with Crippen LogP contribution < -0.4 is 9.80 Å². The van der Waals surface area contributed by atoms with Gasteiger partial charge in [-0.25, -0.2) is 0 Å². The minimum absolute atomic E-state index is 0.645. The maximum atomic E-state index is 2.50. The summed E-state index contributed by atoms with van der Waals surface area (Å²) in [4.78, 5) is 4.95. The maximum absolute atomic E-state index is 2.50. The van der Waals surface area contributed by atoms with Crippen molar-refractivity contribution in [3.8, 4) is 22.3 Å². The molecule has 0 amide bonds. The fourth-order valence-corrected chi connectivity index (χ4v) is 12.9. The number of fused-ring (bicyclic) bond motifs is 4. The van der Waals surface area contributed by atoms with Gasteiger partial charge in [-0.2, -0.15) is 0 Å². The van der Waals surface area contributed by atoms with E-state index in [1.165, 1.54) is 163 Å². The normalized spacial score (nSPS) is 14.5. The van der Waals surface area contributed by atoms with E-state index < -0.39 is 0 Å². The highest BCUT2D eigenvalue weighted by molar-refractivity contribution is 6.26. The lowest BCUT2D eigenvalue weighted by atomic mass is 9.83. The summed E-state index contributed by atoms with van der Waals surface area (Å²) in [6.07, 6.45) is 13.2. The van der Waals surface area contributed by atoms with Gasteiger partial charge in [0.1, 0.15) is 0 Å². The molecule has 2 fully saturated rings. The fraction of sp³-hybridized carbons (Fsp3) is 0.194. The molecule has 2 aliphatic rings. The van der Waals surface area contributed by atoms with Crippen LogP contribution in [0.4, 0.5) is 34.1 Å². The average molecular weight is 957 g/mol. The van der Waals surface area contributed by atoms with Gasteiger partial charge in [-0.15, -0.1) is 0 Å². The highest BCUT2D eigenvalue weighted by atomic mass is 15.1. The van der Waals surface area contributed by atoms with E-state index in [-0.39, 0.29) is 0 Å². The molecule has 0 N–H and O–H groups in total. The molecule has 0 saturated heterocycles. The summed E-state index contributed by atoms with van der Waals surface area (Å²) in [5, 5.41) is 9.88. The van der Waals surface area contributed by atoms with Crippen LogP contribution in [0.3, 0.4) is 0 Å². The Hall–Kier alpha value is -7.94. The summed E-state index contributed by atoms with van der Waals surface area (Å²) in [6, 6.07) is 83.4. The molecular weight excluding hydrogens is 893 g/mol. The van der Waals surface area contributed by atoms with Crippen molar-refractivity contribution in [2.45, 2.75) is 89.9 Å². The van der Waals surface area contributed by atoms with Crippen molar-refractivity contribution in [1.82, 2.24) is 0 Å². The van der Waals surface area contributed by atoms with Gasteiger partial charge in [-0.1, -0.05) is 195 Å². The topological polar surface area (TPSA) is 6.48 Å². The molecule has 2 aliphatic carbocycles. The largest absolute Gasteiger partial charge is 0.310 e. The van der Waals surface area contributed by atoms with Crippen LogP contribution in [0.1, 0.15) is 98.3 Å². The first-order chi connectivity index (χ1) is 36.5. The molecular formula is C72H64N2. The second-order valence-corrected chi connectivity index (χ2v) is 21.5. The second-order valence-electron chi connectivity index (χ2n) is 21.5. The highest BCUT2D eigenvalue weighted by Crippen LogP contribution is 2.51. The van der Waals surface area contributed by atoms with E-state index in [0.717, 1.165) is 22.7 Å². The number of hydrogen-bond acceptors (Lipinski definition) is 2. The van der Waals surface area contributed by atoms with Crippen LogP contribution in [0.25, 0.3) is 65.3 Å². The summed E-state index contributed by atoms with van der Waals surface area (Å²) in [5.74, 6) is 1.29. The van der Waals surface area contributed by atoms with Crippen molar-refractivity contribution in [2.24, 2.45) is 0 Å². The maximum Gasteiger partial charge on any atom is 0.0468 e. The van der Waals surface area contributed by atoms with Crippen LogP contribution in [-0.4, -0.2) is 0 Å². The van der Waals surface area contributed by atoms with Gasteiger partial charge in [0.05, 0.1) is 0 Å². The SMILES string of the molecule is Cc1ccc(N(c2ccc(C3CCCCC3)cc2)c2ccc3c(-c4cccc5ccccc45)c4cc(N(c5ccc(C)cc5)c5ccc(C6CCCCC6)cc5)ccc4c(-c4cccc5ccccc45)c3c2)cc1. The summed E-state index contributed by atoms with van der Waals surface area (Å²) >= 11 is 0. The van der Waals surface area contributed by atoms with E-state index in [1.807, 2.05) is 0 Å². The van der Waals surface area contributed by atoms with Crippen LogP contribution in [0, 0.1) is 13.8 Å². The Morgan fingerprint density at radius 2 is 0.622 bits per heavy atom. The van der Waals surface area contributed by atoms with E-state index in [1.54, 1.807) is 0 Å². The van der Waals surface area contributed by atoms with Crippen molar-refractivity contribution in [1.29, 1.82) is 0 Å². The van der Waals surface area contributed by atoms with E-state index in [0.29, 0.717) is 11.8 Å². The lowest BCUT2D eigenvalue weighted by Crippen LogP contribution is -2.11. The number of anilines is 6. The standard InChI is InChI=1S/C72H64N2/c1-49-27-35-57(36-28-49)73(59-39-31-53(32-40-59)51-15-5-3-6-16-51)61-43-45-67-69(47-61)71(65-25-13-21-55-19-9-11-23-63(55)65)68-46-44-62(48-70(68)72(67)66-26-14-22-56-20-10-12-24-64(56)66)74(58-37-29-50(2)30-38-58)60-41-33-54(34-42-60)52-17-7-4-8-18-52/h9-14,19-48,51-52H,3-8,15-18H2,1-2H3. The monoisotopic (exact) mass is 957 g/mol. The Balaban J connectivity index is 1.09. The molecule has 0 bridgehead atoms. The molecule has 2 heteroatoms. The number of aryl methyl sites for hydroxylation is 2. The zero-order valence-electron chi connectivity index (χ0n) is 42.9. The molecule has 13 rings (SSSR count). The number of rotatable bonds is 10. The Bertz CT molecular complexity index is 3540. The van der Waals surface area contributed by atoms with Crippen LogP contribution in [-0.2, 0) is 0 Å². The molecule has 11 aromatic carbocycles. The fourth-order valence-electron chi connectivity index (χ4n) is 12.9. The highest BCUT2D eigenvalue weighted by Gasteiger charge is 2.25. The lowest BCUT2D eigenvalue weighted by molar-refractivity contribution is 0.443. The van der Waals surface area contributed by atoms with Gasteiger partial charge in [-0.3, -0.25) is 0 Å². The smallest absolute Gasteiger partial charge is 0.0468 e. The number of benzene rings is 11. The zero-order valence-corrected chi connectivity index (χ0v) is 42.9. The van der Waals surface area contributed by atoms with Gasteiger partial charge in [-0.05, 0) is 201 Å². The van der Waals surface area contributed by atoms with Crippen molar-refractivity contribution in [3.05, 3.63) is 241 Å². The first-order valence-electron chi connectivity index (χ1n) is 27.5. The molecule has 0 spiro atoms. The Morgan fingerprint density at radius 1 is 0.284 bits per heavy atom. The zero-order chi connectivity index (χ0) is 49.5. The summed E-state index contributed by atoms with van der Waals surface area (Å²) in [7, 11) is 0. The van der Waals surface area contributed by atoms with Gasteiger partial charge >= 0.3 is 0 Å². The molecule has 0 unspecified atom stereocenters. The van der Waals surface area contributed by atoms with E-state index >= 15 is 0 Å². The van der Waals surface area contributed by atoms with E-state index in [9.17, 15) is 0 Å². The Kier molecular flexibility index (Phi) is 12.3. The predicted molar refractivity (Wildman–Crippen MR) is 318 cm³/mol. The minimum Gasteiger partial charge on any atom is -0.310 e. The lowest BCUT2D eigenvalue weighted by Gasteiger charge is -2.29. The first-order valence-corrected chi connectivity index (χ1v) is 27.5. The molecule has 74 heavy (non-hydrogen) atoms. The molecule has 0 aliphatic heterocycles. The third-order valence-electron chi connectivity index (χ3n) is 16.8. The van der Waals surface area contributed by atoms with Crippen molar-refractivity contribution in [2.75, 3.05) is 9.80 Å². The molecule has 0 radical (unpaired) electrons. The summed E-state index contributed by atoms with van der Waals surface area (Å²) < 4.78 is 0. The third kappa shape index (κ3) is 8.60. The molecule has 2 nitrogen and oxygen atoms in total. The predicted octanol–water partition coefficient (Wildman–Crippen LogP) is 21.3. The van der Waals surface area contributed by atoms with Crippen LogP contribution >= 0.6 is 0 Å². The number of hydrogen-bond donors (Lipinski definition) is 0. The van der Waals surface area contributed by atoms with Gasteiger partial charge in [0, 0.05) is 34.1 Å². The summed E-state index contributed by atoms with van der Waals surface area (Å²) in [6.45, 7) is 4.36. The van der Waals surface area contributed by atoms with Gasteiger partial charge < -0.3 is 9.80 Å². The van der Waals surface area contributed by atoms with E-state index in [4.69, 9.17) is 0 Å². The van der Waals surface area contributed by atoms with Crippen LogP contribution in [0.5, 0.6) is 0 Å². The van der Waals surface area contributed by atoms with Gasteiger partial charge in [0.15, 0.2) is 0 Å². The van der Waals surface area contributed by atoms with Crippen LogP contribution in [0.15, 0.2) is 218 Å². The third-order valence-corrected chi connectivity index (χ3v) is 16.8. The second kappa shape index (κ2) is 19.8. The first kappa shape index (κ1) is 45.9. The molecule has 2 saturated carbocycles.